The van der Waals surface area contributed by atoms with Crippen molar-refractivity contribution in [3.8, 4) is 0 Å². The van der Waals surface area contributed by atoms with Crippen molar-refractivity contribution in [2.75, 3.05) is 11.9 Å². The molecule has 21 heavy (non-hydrogen) atoms. The van der Waals surface area contributed by atoms with Gasteiger partial charge in [-0.1, -0.05) is 28.1 Å². The van der Waals surface area contributed by atoms with Crippen LogP contribution in [-0.2, 0) is 13.1 Å². The molecule has 3 rings (SSSR count). The topological polar surface area (TPSA) is 41.1 Å². The SMILES string of the molecule is CN(Cc1ccc(Br)cc1)c1cnc(CNC2CC2)cn1. The average molecular weight is 347 g/mol. The Morgan fingerprint density at radius 3 is 2.57 bits per heavy atom. The van der Waals surface area contributed by atoms with Crippen LogP contribution >= 0.6 is 15.9 Å². The first-order valence-electron chi connectivity index (χ1n) is 7.20. The van der Waals surface area contributed by atoms with Crippen LogP contribution in [0.3, 0.4) is 0 Å². The molecule has 1 N–H and O–H groups in total. The van der Waals surface area contributed by atoms with Crippen LogP contribution in [0, 0.1) is 0 Å². The van der Waals surface area contributed by atoms with E-state index in [0.29, 0.717) is 6.04 Å². The molecule has 110 valence electrons. The molecule has 0 saturated heterocycles. The number of aromatic nitrogens is 2. The Hall–Kier alpha value is -1.46. The quantitative estimate of drug-likeness (QED) is 0.872. The van der Waals surface area contributed by atoms with E-state index in [2.05, 4.69) is 60.4 Å². The third kappa shape index (κ3) is 4.25. The monoisotopic (exact) mass is 346 g/mol. The van der Waals surface area contributed by atoms with Gasteiger partial charge in [0, 0.05) is 30.7 Å². The second kappa shape index (κ2) is 6.54. The first-order valence-corrected chi connectivity index (χ1v) is 8.00. The van der Waals surface area contributed by atoms with Crippen LogP contribution < -0.4 is 10.2 Å². The van der Waals surface area contributed by atoms with E-state index in [1.165, 1.54) is 18.4 Å². The molecule has 5 heteroatoms. The Morgan fingerprint density at radius 2 is 1.95 bits per heavy atom. The van der Waals surface area contributed by atoms with Gasteiger partial charge in [0.25, 0.3) is 0 Å². The summed E-state index contributed by atoms with van der Waals surface area (Å²) < 4.78 is 1.10. The summed E-state index contributed by atoms with van der Waals surface area (Å²) in [6, 6.07) is 9.04. The molecule has 1 aliphatic rings. The van der Waals surface area contributed by atoms with Crippen molar-refractivity contribution in [3.63, 3.8) is 0 Å². The highest BCUT2D eigenvalue weighted by Crippen LogP contribution is 2.19. The first-order chi connectivity index (χ1) is 10.2. The zero-order valence-electron chi connectivity index (χ0n) is 12.1. The standard InChI is InChI=1S/C16H19BrN4/c1-21(11-12-2-4-13(17)5-3-12)16-10-19-15(9-20-16)8-18-14-6-7-14/h2-5,9-10,14,18H,6-8,11H2,1H3. The lowest BCUT2D eigenvalue weighted by molar-refractivity contribution is 0.671. The maximum absolute atomic E-state index is 4.50. The third-order valence-electron chi connectivity index (χ3n) is 3.56. The minimum Gasteiger partial charge on any atom is -0.354 e. The summed E-state index contributed by atoms with van der Waals surface area (Å²) in [4.78, 5) is 11.1. The van der Waals surface area contributed by atoms with Gasteiger partial charge in [0.2, 0.25) is 0 Å². The Kier molecular flexibility index (Phi) is 4.51. The van der Waals surface area contributed by atoms with Crippen LogP contribution in [0.25, 0.3) is 0 Å². The molecule has 0 spiro atoms. The Bertz CT molecular complexity index is 578. The number of nitrogens with zero attached hydrogens (tertiary/aromatic N) is 3. The van der Waals surface area contributed by atoms with Gasteiger partial charge in [-0.15, -0.1) is 0 Å². The highest BCUT2D eigenvalue weighted by atomic mass is 79.9. The third-order valence-corrected chi connectivity index (χ3v) is 4.09. The highest BCUT2D eigenvalue weighted by Gasteiger charge is 2.20. The Balaban J connectivity index is 1.58. The van der Waals surface area contributed by atoms with E-state index < -0.39 is 0 Å². The maximum Gasteiger partial charge on any atom is 0.147 e. The molecule has 1 fully saturated rings. The van der Waals surface area contributed by atoms with E-state index in [1.54, 1.807) is 0 Å². The molecule has 1 aliphatic carbocycles. The van der Waals surface area contributed by atoms with Crippen molar-refractivity contribution in [3.05, 3.63) is 52.4 Å². The number of hydrogen-bond acceptors (Lipinski definition) is 4. The second-order valence-electron chi connectivity index (χ2n) is 5.50. The lowest BCUT2D eigenvalue weighted by atomic mass is 10.2. The van der Waals surface area contributed by atoms with Crippen molar-refractivity contribution in [2.24, 2.45) is 0 Å². The summed E-state index contributed by atoms with van der Waals surface area (Å²) in [5, 5.41) is 3.45. The highest BCUT2D eigenvalue weighted by molar-refractivity contribution is 9.10. The summed E-state index contributed by atoms with van der Waals surface area (Å²) in [6.07, 6.45) is 6.30. The normalized spacial score (nSPS) is 14.2. The largest absolute Gasteiger partial charge is 0.354 e. The lowest BCUT2D eigenvalue weighted by Gasteiger charge is -2.18. The van der Waals surface area contributed by atoms with Gasteiger partial charge in [0.05, 0.1) is 18.1 Å². The van der Waals surface area contributed by atoms with Gasteiger partial charge in [-0.25, -0.2) is 4.98 Å². The number of anilines is 1. The Labute approximate surface area is 133 Å². The van der Waals surface area contributed by atoms with Gasteiger partial charge < -0.3 is 10.2 Å². The summed E-state index contributed by atoms with van der Waals surface area (Å²) >= 11 is 3.45. The Morgan fingerprint density at radius 1 is 1.19 bits per heavy atom. The van der Waals surface area contributed by atoms with Gasteiger partial charge >= 0.3 is 0 Å². The van der Waals surface area contributed by atoms with Crippen molar-refractivity contribution in [2.45, 2.75) is 32.0 Å². The van der Waals surface area contributed by atoms with E-state index in [4.69, 9.17) is 0 Å². The fourth-order valence-electron chi connectivity index (χ4n) is 2.12. The molecule has 1 aromatic carbocycles. The lowest BCUT2D eigenvalue weighted by Crippen LogP contribution is -2.19. The van der Waals surface area contributed by atoms with Crippen LogP contribution in [0.4, 0.5) is 5.82 Å². The summed E-state index contributed by atoms with van der Waals surface area (Å²) in [6.45, 7) is 1.63. The zero-order chi connectivity index (χ0) is 14.7. The van der Waals surface area contributed by atoms with Crippen LogP contribution in [-0.4, -0.2) is 23.1 Å². The predicted octanol–water partition coefficient (Wildman–Crippen LogP) is 3.13. The van der Waals surface area contributed by atoms with Crippen LogP contribution in [0.5, 0.6) is 0 Å². The molecule has 0 bridgehead atoms. The van der Waals surface area contributed by atoms with Crippen LogP contribution in [0.2, 0.25) is 0 Å². The van der Waals surface area contributed by atoms with Crippen LogP contribution in [0.1, 0.15) is 24.1 Å². The van der Waals surface area contributed by atoms with Crippen molar-refractivity contribution in [1.82, 2.24) is 15.3 Å². The molecular weight excluding hydrogens is 328 g/mol. The van der Waals surface area contributed by atoms with Gasteiger partial charge in [-0.3, -0.25) is 4.98 Å². The maximum atomic E-state index is 4.50. The summed E-state index contributed by atoms with van der Waals surface area (Å²) in [7, 11) is 2.04. The number of hydrogen-bond donors (Lipinski definition) is 1. The molecular formula is C16H19BrN4. The first kappa shape index (κ1) is 14.5. The molecule has 4 nitrogen and oxygen atoms in total. The summed E-state index contributed by atoms with van der Waals surface area (Å²) in [5.41, 5.74) is 2.25. The number of benzene rings is 1. The molecule has 2 aromatic rings. The number of nitrogens with one attached hydrogen (secondary N) is 1. The predicted molar refractivity (Wildman–Crippen MR) is 88.1 cm³/mol. The molecule has 0 unspecified atom stereocenters. The van der Waals surface area contributed by atoms with Crippen molar-refractivity contribution in [1.29, 1.82) is 0 Å². The van der Waals surface area contributed by atoms with Crippen molar-refractivity contribution >= 4 is 21.7 Å². The number of rotatable bonds is 6. The molecule has 1 saturated carbocycles. The van der Waals surface area contributed by atoms with Gasteiger partial charge in [-0.2, -0.15) is 0 Å². The summed E-state index contributed by atoms with van der Waals surface area (Å²) in [5.74, 6) is 0.896. The molecule has 1 heterocycles. The van der Waals surface area contributed by atoms with E-state index >= 15 is 0 Å². The second-order valence-corrected chi connectivity index (χ2v) is 6.42. The van der Waals surface area contributed by atoms with Crippen LogP contribution in [0.15, 0.2) is 41.1 Å². The fourth-order valence-corrected chi connectivity index (χ4v) is 2.38. The zero-order valence-corrected chi connectivity index (χ0v) is 13.7. The van der Waals surface area contributed by atoms with E-state index in [0.717, 1.165) is 29.1 Å². The van der Waals surface area contributed by atoms with E-state index in [-0.39, 0.29) is 0 Å². The number of halogens is 1. The fraction of sp³-hybridized carbons (Fsp3) is 0.375. The average Bonchev–Trinajstić information content (AvgIpc) is 3.32. The van der Waals surface area contributed by atoms with Gasteiger partial charge in [-0.05, 0) is 30.5 Å². The smallest absolute Gasteiger partial charge is 0.147 e. The molecule has 0 aliphatic heterocycles. The van der Waals surface area contributed by atoms with Crippen molar-refractivity contribution < 1.29 is 0 Å². The van der Waals surface area contributed by atoms with Gasteiger partial charge in [0.1, 0.15) is 5.82 Å². The molecule has 1 aromatic heterocycles. The minimum absolute atomic E-state index is 0.701. The molecule has 0 radical (unpaired) electrons. The minimum atomic E-state index is 0.701. The van der Waals surface area contributed by atoms with E-state index in [1.807, 2.05) is 19.4 Å². The molecule has 0 amide bonds. The molecule has 0 atom stereocenters. The van der Waals surface area contributed by atoms with E-state index in [9.17, 15) is 0 Å². The van der Waals surface area contributed by atoms with Gasteiger partial charge in [0.15, 0.2) is 0 Å².